The van der Waals surface area contributed by atoms with Gasteiger partial charge in [-0.3, -0.25) is 14.8 Å². The monoisotopic (exact) mass is 264 g/mol. The number of hydrogen-bond donors (Lipinski definition) is 2. The van der Waals surface area contributed by atoms with E-state index < -0.39 is 5.69 Å². The van der Waals surface area contributed by atoms with E-state index in [2.05, 4.69) is 16.9 Å². The number of aromatic nitrogens is 2. The average molecular weight is 264 g/mol. The molecule has 0 unspecified atom stereocenters. The first kappa shape index (κ1) is 12.5. The van der Waals surface area contributed by atoms with Crippen LogP contribution in [0.15, 0.2) is 9.59 Å². The maximum atomic E-state index is 12.1. The number of aromatic amines is 2. The van der Waals surface area contributed by atoms with Crippen LogP contribution in [-0.2, 0) is 0 Å². The van der Waals surface area contributed by atoms with Crippen molar-refractivity contribution >= 4 is 0 Å². The lowest BCUT2D eigenvalue weighted by molar-refractivity contribution is -0.0187. The minimum atomic E-state index is -0.498. The lowest BCUT2D eigenvalue weighted by Crippen LogP contribution is -2.49. The Morgan fingerprint density at radius 1 is 1.21 bits per heavy atom. The standard InChI is InChI=1S/C14H20N2O3/c1-7-4-5-9-8(6-7)10-11(17)15-13(18)16-12(10)19-14(9,2)3/h7-9H,4-6H2,1-3H3,(H2,15,16,17,18)/t7-,8-,9-/m1/s1. The number of nitrogens with one attached hydrogen (secondary N) is 2. The molecule has 19 heavy (non-hydrogen) atoms. The zero-order chi connectivity index (χ0) is 13.8. The van der Waals surface area contributed by atoms with Gasteiger partial charge in [-0.15, -0.1) is 0 Å². The predicted octanol–water partition coefficient (Wildman–Crippen LogP) is 1.75. The van der Waals surface area contributed by atoms with Crippen molar-refractivity contribution in [2.75, 3.05) is 0 Å². The number of hydrogen-bond acceptors (Lipinski definition) is 3. The van der Waals surface area contributed by atoms with Crippen LogP contribution in [0, 0.1) is 11.8 Å². The molecule has 3 rings (SSSR count). The molecule has 0 amide bonds. The molecule has 2 heterocycles. The molecule has 0 aromatic carbocycles. The molecule has 5 nitrogen and oxygen atoms in total. The van der Waals surface area contributed by atoms with Gasteiger partial charge < -0.3 is 4.74 Å². The van der Waals surface area contributed by atoms with Gasteiger partial charge >= 0.3 is 5.69 Å². The molecule has 1 saturated carbocycles. The summed E-state index contributed by atoms with van der Waals surface area (Å²) in [5.74, 6) is 1.50. The van der Waals surface area contributed by atoms with Gasteiger partial charge in [-0.1, -0.05) is 13.3 Å². The Bertz CT molecular complexity index is 614. The molecule has 1 aromatic heterocycles. The molecule has 1 aromatic rings. The third-order valence-electron chi connectivity index (χ3n) is 4.68. The van der Waals surface area contributed by atoms with E-state index in [0.717, 1.165) is 12.8 Å². The van der Waals surface area contributed by atoms with Crippen molar-refractivity contribution < 1.29 is 4.74 Å². The van der Waals surface area contributed by atoms with E-state index in [1.807, 2.05) is 13.8 Å². The molecule has 1 aliphatic carbocycles. The Labute approximate surface area is 111 Å². The maximum Gasteiger partial charge on any atom is 0.328 e. The summed E-state index contributed by atoms with van der Waals surface area (Å²) in [6, 6.07) is 0. The van der Waals surface area contributed by atoms with Crippen LogP contribution in [0.4, 0.5) is 0 Å². The third kappa shape index (κ3) is 1.91. The molecule has 0 radical (unpaired) electrons. The highest BCUT2D eigenvalue weighted by Crippen LogP contribution is 2.50. The fourth-order valence-corrected chi connectivity index (χ4v) is 3.76. The SMILES string of the molecule is C[C@@H]1CC[C@@H]2[C@@H](C1)c1c([nH]c(=O)[nH]c1=O)OC2(C)C. The molecule has 2 N–H and O–H groups in total. The van der Waals surface area contributed by atoms with E-state index in [1.165, 1.54) is 6.42 Å². The van der Waals surface area contributed by atoms with E-state index in [1.54, 1.807) is 0 Å². The van der Waals surface area contributed by atoms with Crippen molar-refractivity contribution in [3.63, 3.8) is 0 Å². The van der Waals surface area contributed by atoms with Gasteiger partial charge in [0, 0.05) is 11.8 Å². The maximum absolute atomic E-state index is 12.1. The Hall–Kier alpha value is -1.52. The Morgan fingerprint density at radius 2 is 1.95 bits per heavy atom. The summed E-state index contributed by atoms with van der Waals surface area (Å²) in [6.07, 6.45) is 3.22. The van der Waals surface area contributed by atoms with Gasteiger partial charge in [0.2, 0.25) is 5.88 Å². The van der Waals surface area contributed by atoms with Crippen molar-refractivity contribution in [2.24, 2.45) is 11.8 Å². The molecule has 0 spiro atoms. The first-order valence-corrected chi connectivity index (χ1v) is 6.94. The fraction of sp³-hybridized carbons (Fsp3) is 0.714. The van der Waals surface area contributed by atoms with Gasteiger partial charge in [0.15, 0.2) is 0 Å². The lowest BCUT2D eigenvalue weighted by Gasteiger charge is -2.47. The van der Waals surface area contributed by atoms with Crippen LogP contribution in [0.3, 0.4) is 0 Å². The first-order valence-electron chi connectivity index (χ1n) is 6.94. The molecule has 0 saturated heterocycles. The summed E-state index contributed by atoms with van der Waals surface area (Å²) in [5, 5.41) is 0. The quantitative estimate of drug-likeness (QED) is 0.749. The van der Waals surface area contributed by atoms with Crippen LogP contribution >= 0.6 is 0 Å². The molecular weight excluding hydrogens is 244 g/mol. The second kappa shape index (κ2) is 3.99. The van der Waals surface area contributed by atoms with Crippen LogP contribution in [0.1, 0.15) is 51.5 Å². The molecule has 104 valence electrons. The van der Waals surface area contributed by atoms with Crippen LogP contribution in [0.5, 0.6) is 5.88 Å². The lowest BCUT2D eigenvalue weighted by atomic mass is 9.65. The summed E-state index contributed by atoms with van der Waals surface area (Å²) < 4.78 is 5.91. The second-order valence-corrected chi connectivity index (χ2v) is 6.49. The summed E-state index contributed by atoms with van der Waals surface area (Å²) in [4.78, 5) is 28.5. The second-order valence-electron chi connectivity index (χ2n) is 6.49. The van der Waals surface area contributed by atoms with Crippen molar-refractivity contribution in [1.29, 1.82) is 0 Å². The van der Waals surface area contributed by atoms with E-state index in [-0.39, 0.29) is 17.1 Å². The average Bonchev–Trinajstić information content (AvgIpc) is 2.25. The molecule has 5 heteroatoms. The highest BCUT2D eigenvalue weighted by Gasteiger charge is 2.47. The number of fused-ring (bicyclic) bond motifs is 3. The number of H-pyrrole nitrogens is 2. The van der Waals surface area contributed by atoms with Gasteiger partial charge in [0.05, 0.1) is 5.56 Å². The molecule has 1 fully saturated rings. The number of rotatable bonds is 0. The summed E-state index contributed by atoms with van der Waals surface area (Å²) in [6.45, 7) is 6.31. The van der Waals surface area contributed by atoms with Gasteiger partial charge in [-0.05, 0) is 32.6 Å². The Morgan fingerprint density at radius 3 is 2.68 bits per heavy atom. The van der Waals surface area contributed by atoms with Crippen LogP contribution in [0.2, 0.25) is 0 Å². The predicted molar refractivity (Wildman–Crippen MR) is 71.6 cm³/mol. The Balaban J connectivity index is 2.18. The van der Waals surface area contributed by atoms with Crippen LogP contribution < -0.4 is 16.0 Å². The zero-order valence-electron chi connectivity index (χ0n) is 11.6. The third-order valence-corrected chi connectivity index (χ3v) is 4.68. The largest absolute Gasteiger partial charge is 0.472 e. The van der Waals surface area contributed by atoms with Crippen molar-refractivity contribution in [3.8, 4) is 5.88 Å². The van der Waals surface area contributed by atoms with Crippen LogP contribution in [-0.4, -0.2) is 15.6 Å². The Kier molecular flexibility index (Phi) is 2.62. The van der Waals surface area contributed by atoms with Crippen molar-refractivity contribution in [2.45, 2.75) is 51.6 Å². The molecular formula is C14H20N2O3. The number of ether oxygens (including phenoxy) is 1. The molecule has 0 bridgehead atoms. The van der Waals surface area contributed by atoms with Crippen molar-refractivity contribution in [1.82, 2.24) is 9.97 Å². The highest BCUT2D eigenvalue weighted by molar-refractivity contribution is 5.32. The minimum absolute atomic E-state index is 0.183. The van der Waals surface area contributed by atoms with Gasteiger partial charge in [-0.2, -0.15) is 0 Å². The molecule has 2 aliphatic rings. The zero-order valence-corrected chi connectivity index (χ0v) is 11.6. The molecule has 3 atom stereocenters. The minimum Gasteiger partial charge on any atom is -0.472 e. The van der Waals surface area contributed by atoms with Gasteiger partial charge in [-0.25, -0.2) is 4.79 Å². The highest BCUT2D eigenvalue weighted by atomic mass is 16.5. The van der Waals surface area contributed by atoms with Gasteiger partial charge in [0.1, 0.15) is 5.60 Å². The molecule has 1 aliphatic heterocycles. The fourth-order valence-electron chi connectivity index (χ4n) is 3.76. The van der Waals surface area contributed by atoms with E-state index >= 15 is 0 Å². The first-order chi connectivity index (χ1) is 8.88. The summed E-state index contributed by atoms with van der Waals surface area (Å²) in [7, 11) is 0. The van der Waals surface area contributed by atoms with E-state index in [0.29, 0.717) is 23.3 Å². The summed E-state index contributed by atoms with van der Waals surface area (Å²) in [5.41, 5.74) is -0.496. The van der Waals surface area contributed by atoms with E-state index in [4.69, 9.17) is 4.74 Å². The van der Waals surface area contributed by atoms with E-state index in [9.17, 15) is 9.59 Å². The van der Waals surface area contributed by atoms with Gasteiger partial charge in [0.25, 0.3) is 5.56 Å². The van der Waals surface area contributed by atoms with Crippen molar-refractivity contribution in [3.05, 3.63) is 26.4 Å². The topological polar surface area (TPSA) is 75.0 Å². The van der Waals surface area contributed by atoms with Crippen LogP contribution in [0.25, 0.3) is 0 Å². The smallest absolute Gasteiger partial charge is 0.328 e. The normalized spacial score (nSPS) is 32.1. The summed E-state index contributed by atoms with van der Waals surface area (Å²) >= 11 is 0.